The van der Waals surface area contributed by atoms with E-state index in [0.717, 1.165) is 22.0 Å². The van der Waals surface area contributed by atoms with Crippen molar-refractivity contribution in [1.29, 1.82) is 0 Å². The van der Waals surface area contributed by atoms with Gasteiger partial charge in [-0.3, -0.25) is 9.69 Å². The maximum atomic E-state index is 12.9. The molecule has 0 aliphatic rings. The topological polar surface area (TPSA) is 46.1 Å². The maximum absolute atomic E-state index is 12.9. The minimum atomic E-state index is -0.0769. The van der Waals surface area contributed by atoms with Gasteiger partial charge in [-0.1, -0.05) is 36.4 Å². The van der Waals surface area contributed by atoms with E-state index in [1.54, 1.807) is 11.0 Å². The number of aryl methyl sites for hydroxylation is 2. The Kier molecular flexibility index (Phi) is 4.87. The molecule has 0 atom stereocenters. The van der Waals surface area contributed by atoms with E-state index in [1.807, 2.05) is 49.6 Å². The number of hydrogen-bond donors (Lipinski definition) is 0. The van der Waals surface area contributed by atoms with Gasteiger partial charge in [-0.05, 0) is 13.8 Å². The van der Waals surface area contributed by atoms with E-state index in [2.05, 4.69) is 16.5 Å². The minimum absolute atomic E-state index is 0.0769. The summed E-state index contributed by atoms with van der Waals surface area (Å²) in [4.78, 5) is 24.2. The first-order valence-corrected chi connectivity index (χ1v) is 9.17. The van der Waals surface area contributed by atoms with E-state index in [0.29, 0.717) is 16.6 Å². The van der Waals surface area contributed by atoms with Gasteiger partial charge in [-0.2, -0.15) is 0 Å². The van der Waals surface area contributed by atoms with Gasteiger partial charge in [0.25, 0.3) is 5.91 Å². The average Bonchev–Trinajstić information content (AvgIpc) is 3.19. The molecule has 0 aliphatic heterocycles. The number of carbonyl (C=O) groups is 1. The van der Waals surface area contributed by atoms with Crippen molar-refractivity contribution in [3.8, 4) is 11.3 Å². The molecule has 0 unspecified atom stereocenters. The summed E-state index contributed by atoms with van der Waals surface area (Å²) in [7, 11) is 0. The molecule has 0 aliphatic carbocycles. The van der Waals surface area contributed by atoms with Crippen LogP contribution in [0.15, 0.2) is 48.4 Å². The van der Waals surface area contributed by atoms with E-state index in [4.69, 9.17) is 0 Å². The van der Waals surface area contributed by atoms with Crippen molar-refractivity contribution in [1.82, 2.24) is 9.97 Å². The van der Waals surface area contributed by atoms with Crippen LogP contribution in [-0.4, -0.2) is 22.4 Å². The first kappa shape index (κ1) is 16.5. The summed E-state index contributed by atoms with van der Waals surface area (Å²) < 4.78 is 0. The third-order valence-electron chi connectivity index (χ3n) is 3.45. The normalized spacial score (nSPS) is 10.6. The molecular formula is C18H17N3OS2. The quantitative estimate of drug-likeness (QED) is 0.622. The van der Waals surface area contributed by atoms with Gasteiger partial charge in [0.15, 0.2) is 5.13 Å². The number of rotatable bonds is 5. The lowest BCUT2D eigenvalue weighted by molar-refractivity contribution is 0.0993. The minimum Gasteiger partial charge on any atom is -0.279 e. The number of anilines is 1. The van der Waals surface area contributed by atoms with Crippen LogP contribution in [0.2, 0.25) is 0 Å². The van der Waals surface area contributed by atoms with E-state index < -0.39 is 0 Å². The first-order chi connectivity index (χ1) is 11.6. The molecule has 24 heavy (non-hydrogen) atoms. The molecule has 2 heterocycles. The van der Waals surface area contributed by atoms with E-state index in [-0.39, 0.29) is 5.91 Å². The zero-order valence-corrected chi connectivity index (χ0v) is 15.2. The highest BCUT2D eigenvalue weighted by atomic mass is 32.1. The van der Waals surface area contributed by atoms with Crippen LogP contribution in [0.5, 0.6) is 0 Å². The van der Waals surface area contributed by atoms with Gasteiger partial charge in [-0.15, -0.1) is 29.3 Å². The highest BCUT2D eigenvalue weighted by molar-refractivity contribution is 7.15. The predicted molar refractivity (Wildman–Crippen MR) is 101 cm³/mol. The average molecular weight is 355 g/mol. The number of hydrogen-bond acceptors (Lipinski definition) is 5. The summed E-state index contributed by atoms with van der Waals surface area (Å²) in [5.74, 6) is -0.0769. The number of aromatic nitrogens is 2. The number of thiazole rings is 2. The SMILES string of the molecule is C=CCN(C(=O)c1sc(C)nc1C)c1nc(-c2ccccc2)cs1. The Labute approximate surface area is 149 Å². The molecular weight excluding hydrogens is 338 g/mol. The van der Waals surface area contributed by atoms with E-state index >= 15 is 0 Å². The molecule has 0 bridgehead atoms. The van der Waals surface area contributed by atoms with E-state index in [9.17, 15) is 4.79 Å². The lowest BCUT2D eigenvalue weighted by Crippen LogP contribution is -2.30. The molecule has 1 amide bonds. The summed E-state index contributed by atoms with van der Waals surface area (Å²) in [6.07, 6.45) is 1.71. The van der Waals surface area contributed by atoms with Crippen molar-refractivity contribution in [2.45, 2.75) is 13.8 Å². The lowest BCUT2D eigenvalue weighted by Gasteiger charge is -2.17. The number of benzene rings is 1. The molecule has 0 spiro atoms. The van der Waals surface area contributed by atoms with Crippen molar-refractivity contribution in [2.75, 3.05) is 11.4 Å². The van der Waals surface area contributed by atoms with Crippen LogP contribution in [0.25, 0.3) is 11.3 Å². The second-order valence-electron chi connectivity index (χ2n) is 5.23. The fraction of sp³-hybridized carbons (Fsp3) is 0.167. The van der Waals surface area contributed by atoms with Crippen LogP contribution < -0.4 is 4.90 Å². The largest absolute Gasteiger partial charge is 0.279 e. The molecule has 1 aromatic carbocycles. The molecule has 3 rings (SSSR count). The number of nitrogens with zero attached hydrogens (tertiary/aromatic N) is 3. The van der Waals surface area contributed by atoms with Crippen LogP contribution in [-0.2, 0) is 0 Å². The molecule has 0 radical (unpaired) electrons. The smallest absolute Gasteiger partial charge is 0.272 e. The second-order valence-corrected chi connectivity index (χ2v) is 7.27. The summed E-state index contributed by atoms with van der Waals surface area (Å²) in [6.45, 7) is 7.95. The van der Waals surface area contributed by atoms with Crippen molar-refractivity contribution >= 4 is 33.7 Å². The molecule has 2 aromatic heterocycles. The van der Waals surface area contributed by atoms with E-state index in [1.165, 1.54) is 22.7 Å². The third-order valence-corrected chi connectivity index (χ3v) is 5.37. The number of carbonyl (C=O) groups excluding carboxylic acids is 1. The molecule has 0 saturated carbocycles. The van der Waals surface area contributed by atoms with Crippen LogP contribution in [0.4, 0.5) is 5.13 Å². The Bertz CT molecular complexity index is 868. The maximum Gasteiger partial charge on any atom is 0.272 e. The Morgan fingerprint density at radius 1 is 1.25 bits per heavy atom. The van der Waals surface area contributed by atoms with Gasteiger partial charge in [-0.25, -0.2) is 9.97 Å². The molecule has 4 nitrogen and oxygen atoms in total. The monoisotopic (exact) mass is 355 g/mol. The van der Waals surface area contributed by atoms with Crippen molar-refractivity contribution in [2.24, 2.45) is 0 Å². The highest BCUT2D eigenvalue weighted by Gasteiger charge is 2.23. The molecule has 0 fully saturated rings. The Balaban J connectivity index is 1.94. The Morgan fingerprint density at radius 2 is 2.00 bits per heavy atom. The van der Waals surface area contributed by atoms with Crippen LogP contribution >= 0.6 is 22.7 Å². The van der Waals surface area contributed by atoms with Crippen molar-refractivity contribution < 1.29 is 4.79 Å². The van der Waals surface area contributed by atoms with Gasteiger partial charge in [0.05, 0.1) is 16.4 Å². The summed E-state index contributed by atoms with van der Waals surface area (Å²) in [5, 5.41) is 3.53. The third kappa shape index (κ3) is 3.29. The summed E-state index contributed by atoms with van der Waals surface area (Å²) in [6, 6.07) is 9.94. The van der Waals surface area contributed by atoms with Gasteiger partial charge in [0, 0.05) is 17.5 Å². The molecule has 122 valence electrons. The Hall–Kier alpha value is -2.31. The molecule has 6 heteroatoms. The predicted octanol–water partition coefficient (Wildman–Crippen LogP) is 4.72. The molecule has 0 saturated heterocycles. The van der Waals surface area contributed by atoms with Gasteiger partial charge in [0.2, 0.25) is 0 Å². The fourth-order valence-electron chi connectivity index (χ4n) is 2.36. The zero-order valence-electron chi connectivity index (χ0n) is 13.5. The van der Waals surface area contributed by atoms with Crippen LogP contribution in [0, 0.1) is 13.8 Å². The zero-order chi connectivity index (χ0) is 17.1. The van der Waals surface area contributed by atoms with Crippen LogP contribution in [0.1, 0.15) is 20.4 Å². The summed E-state index contributed by atoms with van der Waals surface area (Å²) >= 11 is 2.87. The van der Waals surface area contributed by atoms with Crippen molar-refractivity contribution in [3.63, 3.8) is 0 Å². The molecule has 3 aromatic rings. The first-order valence-electron chi connectivity index (χ1n) is 7.48. The lowest BCUT2D eigenvalue weighted by atomic mass is 10.2. The number of amides is 1. The highest BCUT2D eigenvalue weighted by Crippen LogP contribution is 2.29. The van der Waals surface area contributed by atoms with Gasteiger partial charge in [0.1, 0.15) is 4.88 Å². The van der Waals surface area contributed by atoms with Gasteiger partial charge >= 0.3 is 0 Å². The standard InChI is InChI=1S/C18H17N3OS2/c1-4-10-21(17(22)16-12(2)19-13(3)24-16)18-20-15(11-23-18)14-8-6-5-7-9-14/h4-9,11H,1,10H2,2-3H3. The molecule has 0 N–H and O–H groups in total. The second kappa shape index (κ2) is 7.07. The Morgan fingerprint density at radius 3 is 2.62 bits per heavy atom. The van der Waals surface area contributed by atoms with Crippen molar-refractivity contribution in [3.05, 3.63) is 63.9 Å². The summed E-state index contributed by atoms with van der Waals surface area (Å²) in [5.41, 5.74) is 2.67. The fourth-order valence-corrected chi connectivity index (χ4v) is 4.07. The van der Waals surface area contributed by atoms with Crippen LogP contribution in [0.3, 0.4) is 0 Å². The van der Waals surface area contributed by atoms with Gasteiger partial charge < -0.3 is 0 Å².